The molecule has 5 nitrogen and oxygen atoms in total. The normalized spacial score (nSPS) is 10.6. The summed E-state index contributed by atoms with van der Waals surface area (Å²) in [6.45, 7) is 4.98. The number of esters is 1. The minimum atomic E-state index is -0.261. The predicted octanol–water partition coefficient (Wildman–Crippen LogP) is 2.93. The molecule has 1 aromatic carbocycles. The lowest BCUT2D eigenvalue weighted by molar-refractivity contribution is -0.137. The summed E-state index contributed by atoms with van der Waals surface area (Å²) < 4.78 is 6.72. The minimum absolute atomic E-state index is 0.242. The maximum absolute atomic E-state index is 11.3. The zero-order valence-electron chi connectivity index (χ0n) is 12.5. The van der Waals surface area contributed by atoms with Crippen molar-refractivity contribution in [3.05, 3.63) is 29.8 Å². The molecule has 0 aliphatic rings. The lowest BCUT2D eigenvalue weighted by atomic mass is 10.1. The molecule has 0 spiro atoms. The third-order valence-electron chi connectivity index (χ3n) is 2.99. The third kappa shape index (κ3) is 3.85. The summed E-state index contributed by atoms with van der Waals surface area (Å²) in [6.07, 6.45) is 0.975. The van der Waals surface area contributed by atoms with Crippen molar-refractivity contribution in [3.8, 4) is 11.4 Å². The van der Waals surface area contributed by atoms with Crippen molar-refractivity contribution in [2.45, 2.75) is 32.0 Å². The monoisotopic (exact) mass is 305 g/mol. The van der Waals surface area contributed by atoms with E-state index in [2.05, 4.69) is 45.5 Å². The van der Waals surface area contributed by atoms with Gasteiger partial charge in [-0.2, -0.15) is 0 Å². The number of benzene rings is 1. The zero-order chi connectivity index (χ0) is 15.2. The second kappa shape index (κ2) is 7.26. The van der Waals surface area contributed by atoms with Gasteiger partial charge in [0.1, 0.15) is 0 Å². The fourth-order valence-electron chi connectivity index (χ4n) is 2.00. The molecule has 0 amide bonds. The molecular weight excluding hydrogens is 286 g/mol. The molecule has 0 aliphatic heterocycles. The fourth-order valence-corrected chi connectivity index (χ4v) is 2.80. The lowest BCUT2D eigenvalue weighted by Gasteiger charge is -2.09. The largest absolute Gasteiger partial charge is 0.468 e. The first-order valence-electron chi connectivity index (χ1n) is 6.85. The van der Waals surface area contributed by atoms with Crippen LogP contribution in [0.15, 0.2) is 29.4 Å². The van der Waals surface area contributed by atoms with Gasteiger partial charge in [-0.15, -0.1) is 10.2 Å². The molecule has 1 heterocycles. The van der Waals surface area contributed by atoms with Crippen LogP contribution in [0.2, 0.25) is 0 Å². The number of aryl methyl sites for hydroxylation is 1. The maximum Gasteiger partial charge on any atom is 0.316 e. The van der Waals surface area contributed by atoms with E-state index in [1.165, 1.54) is 24.4 Å². The molecule has 0 saturated heterocycles. The van der Waals surface area contributed by atoms with Crippen molar-refractivity contribution in [1.29, 1.82) is 0 Å². The highest BCUT2D eigenvalue weighted by atomic mass is 32.2. The van der Waals surface area contributed by atoms with Gasteiger partial charge >= 0.3 is 5.97 Å². The van der Waals surface area contributed by atoms with Crippen LogP contribution in [0.4, 0.5) is 0 Å². The fraction of sp³-hybridized carbons (Fsp3) is 0.400. The number of rotatable bonds is 6. The van der Waals surface area contributed by atoms with E-state index in [-0.39, 0.29) is 11.7 Å². The summed E-state index contributed by atoms with van der Waals surface area (Å²) in [7, 11) is 1.39. The summed E-state index contributed by atoms with van der Waals surface area (Å²) in [5, 5.41) is 9.25. The Bertz CT molecular complexity index is 625. The molecule has 2 rings (SSSR count). The molecule has 0 aliphatic carbocycles. The molecule has 0 unspecified atom stereocenters. The first-order valence-corrected chi connectivity index (χ1v) is 7.84. The highest BCUT2D eigenvalue weighted by molar-refractivity contribution is 7.99. The molecule has 0 atom stereocenters. The summed E-state index contributed by atoms with van der Waals surface area (Å²) in [5.41, 5.74) is 2.23. The number of carbonyl (C=O) groups is 1. The van der Waals surface area contributed by atoms with Crippen molar-refractivity contribution in [2.75, 3.05) is 12.9 Å². The standard InChI is InChI=1S/C15H19N3O2S/c1-4-8-18-14(12-7-5-6-11(2)9-12)16-17-15(18)21-10-13(19)20-3/h5-7,9H,4,8,10H2,1-3H3. The number of nitrogens with zero attached hydrogens (tertiary/aromatic N) is 3. The van der Waals surface area contributed by atoms with E-state index in [1.54, 1.807) is 0 Å². The number of thioether (sulfide) groups is 1. The quantitative estimate of drug-likeness (QED) is 0.606. The summed E-state index contributed by atoms with van der Waals surface area (Å²) in [6, 6.07) is 8.18. The van der Waals surface area contributed by atoms with E-state index in [0.29, 0.717) is 0 Å². The SMILES string of the molecule is CCCn1c(SCC(=O)OC)nnc1-c1cccc(C)c1. The average Bonchev–Trinajstić information content (AvgIpc) is 2.88. The molecular formula is C15H19N3O2S. The van der Waals surface area contributed by atoms with Gasteiger partial charge in [-0.25, -0.2) is 0 Å². The molecule has 6 heteroatoms. The summed E-state index contributed by atoms with van der Waals surface area (Å²) in [5.74, 6) is 0.822. The average molecular weight is 305 g/mol. The van der Waals surface area contributed by atoms with Gasteiger partial charge in [0, 0.05) is 12.1 Å². The van der Waals surface area contributed by atoms with Gasteiger partial charge in [-0.05, 0) is 19.4 Å². The van der Waals surface area contributed by atoms with Crippen molar-refractivity contribution < 1.29 is 9.53 Å². The van der Waals surface area contributed by atoms with Crippen LogP contribution in [0.5, 0.6) is 0 Å². The van der Waals surface area contributed by atoms with E-state index in [4.69, 9.17) is 0 Å². The van der Waals surface area contributed by atoms with Crippen LogP contribution in [0.3, 0.4) is 0 Å². The number of methoxy groups -OCH3 is 1. The molecule has 0 radical (unpaired) electrons. The smallest absolute Gasteiger partial charge is 0.316 e. The zero-order valence-corrected chi connectivity index (χ0v) is 13.3. The highest BCUT2D eigenvalue weighted by Gasteiger charge is 2.15. The molecule has 1 aromatic heterocycles. The van der Waals surface area contributed by atoms with Gasteiger partial charge in [0.05, 0.1) is 12.9 Å². The second-order valence-electron chi connectivity index (χ2n) is 4.69. The van der Waals surface area contributed by atoms with Crippen LogP contribution in [0, 0.1) is 6.92 Å². The Morgan fingerprint density at radius 1 is 1.38 bits per heavy atom. The van der Waals surface area contributed by atoms with Crippen LogP contribution >= 0.6 is 11.8 Å². The first kappa shape index (κ1) is 15.6. The Labute approximate surface area is 128 Å². The van der Waals surface area contributed by atoms with Gasteiger partial charge in [0.25, 0.3) is 0 Å². The van der Waals surface area contributed by atoms with E-state index < -0.39 is 0 Å². The van der Waals surface area contributed by atoms with Crippen molar-refractivity contribution >= 4 is 17.7 Å². The number of aromatic nitrogens is 3. The summed E-state index contributed by atoms with van der Waals surface area (Å²) in [4.78, 5) is 11.3. The van der Waals surface area contributed by atoms with Crippen LogP contribution in [-0.4, -0.2) is 33.6 Å². The lowest BCUT2D eigenvalue weighted by Crippen LogP contribution is -2.06. The second-order valence-corrected chi connectivity index (χ2v) is 5.63. The van der Waals surface area contributed by atoms with Crippen LogP contribution in [0.1, 0.15) is 18.9 Å². The third-order valence-corrected chi connectivity index (χ3v) is 3.93. The molecule has 0 N–H and O–H groups in total. The Balaban J connectivity index is 2.30. The van der Waals surface area contributed by atoms with Gasteiger partial charge in [0.15, 0.2) is 11.0 Å². The summed E-state index contributed by atoms with van der Waals surface area (Å²) >= 11 is 1.35. The molecule has 0 saturated carbocycles. The van der Waals surface area contributed by atoms with Crippen molar-refractivity contribution in [1.82, 2.24) is 14.8 Å². The van der Waals surface area contributed by atoms with Crippen molar-refractivity contribution in [2.24, 2.45) is 0 Å². The van der Waals surface area contributed by atoms with E-state index in [9.17, 15) is 4.79 Å². The molecule has 0 fully saturated rings. The Morgan fingerprint density at radius 3 is 2.86 bits per heavy atom. The molecule has 112 valence electrons. The Kier molecular flexibility index (Phi) is 5.38. The minimum Gasteiger partial charge on any atom is -0.468 e. The highest BCUT2D eigenvalue weighted by Crippen LogP contribution is 2.25. The molecule has 0 bridgehead atoms. The van der Waals surface area contributed by atoms with Gasteiger partial charge in [-0.3, -0.25) is 4.79 Å². The van der Waals surface area contributed by atoms with Gasteiger partial charge < -0.3 is 9.30 Å². The van der Waals surface area contributed by atoms with Gasteiger partial charge in [-0.1, -0.05) is 42.4 Å². The van der Waals surface area contributed by atoms with E-state index in [0.717, 1.165) is 29.5 Å². The van der Waals surface area contributed by atoms with Gasteiger partial charge in [0.2, 0.25) is 0 Å². The number of ether oxygens (including phenoxy) is 1. The topological polar surface area (TPSA) is 57.0 Å². The Morgan fingerprint density at radius 2 is 2.19 bits per heavy atom. The van der Waals surface area contributed by atoms with Crippen LogP contribution in [-0.2, 0) is 16.1 Å². The van der Waals surface area contributed by atoms with E-state index in [1.807, 2.05) is 12.1 Å². The maximum atomic E-state index is 11.3. The number of hydrogen-bond donors (Lipinski definition) is 0. The molecule has 2 aromatic rings. The van der Waals surface area contributed by atoms with E-state index >= 15 is 0 Å². The number of hydrogen-bond acceptors (Lipinski definition) is 5. The predicted molar refractivity (Wildman–Crippen MR) is 83.2 cm³/mol. The number of carbonyl (C=O) groups excluding carboxylic acids is 1. The van der Waals surface area contributed by atoms with Crippen molar-refractivity contribution in [3.63, 3.8) is 0 Å². The molecule has 21 heavy (non-hydrogen) atoms. The van der Waals surface area contributed by atoms with Crippen LogP contribution < -0.4 is 0 Å². The van der Waals surface area contributed by atoms with Crippen LogP contribution in [0.25, 0.3) is 11.4 Å². The first-order chi connectivity index (χ1) is 10.2. The Hall–Kier alpha value is -1.82.